The number of nitrogens with zero attached hydrogens (tertiary/aromatic N) is 1. The number of amides is 4. The molecule has 3 atom stereocenters. The third-order valence-corrected chi connectivity index (χ3v) is 6.86. The topological polar surface area (TPSA) is 190 Å². The summed E-state index contributed by atoms with van der Waals surface area (Å²) in [7, 11) is 0. The molecule has 2 aromatic rings. The molecule has 0 bridgehead atoms. The Morgan fingerprint density at radius 1 is 0.826 bits per heavy atom. The summed E-state index contributed by atoms with van der Waals surface area (Å²) in [6.45, 7) is 8.05. The maximum atomic E-state index is 13.5. The van der Waals surface area contributed by atoms with Gasteiger partial charge in [-0.05, 0) is 42.2 Å². The molecule has 0 saturated carbocycles. The second-order valence-electron chi connectivity index (χ2n) is 11.7. The minimum Gasteiger partial charge on any atom is -0.445 e. The van der Waals surface area contributed by atoms with Crippen LogP contribution in [0, 0.1) is 11.8 Å². The Balaban J connectivity index is 2.08. The summed E-state index contributed by atoms with van der Waals surface area (Å²) in [6.07, 6.45) is 3.82. The van der Waals surface area contributed by atoms with Gasteiger partial charge in [-0.3, -0.25) is 19.4 Å². The van der Waals surface area contributed by atoms with Crippen LogP contribution in [0.5, 0.6) is 0 Å². The van der Waals surface area contributed by atoms with Gasteiger partial charge in [0.1, 0.15) is 24.7 Å². The normalized spacial score (nSPS) is 13.0. The number of ether oxygens (including phenoxy) is 1. The van der Waals surface area contributed by atoms with Gasteiger partial charge in [0.2, 0.25) is 17.7 Å². The molecule has 0 fully saturated rings. The monoisotopic (exact) mass is 635 g/mol. The standard InChI is InChI=1S/C34H49N7O5/c1-23(2)21-28(31(43)41-29(24(3)4)32(44)37-19-11-17-25-13-7-5-8-14-25)39-30(42)27(18-12-20-38-33(35)36)40-34(45)46-22-26-15-9-6-10-16-26/h5-11,13-17,23-24,27-29H,12,18-22H2,1-4H3,(H,37,44)(H,39,42)(H,40,45)(H,41,43)(H4,35,36,38)/b17-11+/t27-,28-,29-/m0/s1. The van der Waals surface area contributed by atoms with E-state index >= 15 is 0 Å². The lowest BCUT2D eigenvalue weighted by Gasteiger charge is -2.27. The van der Waals surface area contributed by atoms with Crippen molar-refractivity contribution in [3.8, 4) is 0 Å². The summed E-state index contributed by atoms with van der Waals surface area (Å²) in [5.41, 5.74) is 12.6. The van der Waals surface area contributed by atoms with Crippen molar-refractivity contribution in [2.75, 3.05) is 13.1 Å². The molecule has 0 radical (unpaired) electrons. The first-order chi connectivity index (χ1) is 22.0. The van der Waals surface area contributed by atoms with Gasteiger partial charge in [-0.1, -0.05) is 101 Å². The van der Waals surface area contributed by atoms with Crippen molar-refractivity contribution >= 4 is 35.9 Å². The Kier molecular flexibility index (Phi) is 16.4. The van der Waals surface area contributed by atoms with E-state index in [1.54, 1.807) is 0 Å². The zero-order chi connectivity index (χ0) is 33.9. The number of hydrogen-bond donors (Lipinski definition) is 6. The molecule has 250 valence electrons. The molecule has 4 amide bonds. The first-order valence-corrected chi connectivity index (χ1v) is 15.6. The minimum atomic E-state index is -1.03. The molecular formula is C34H49N7O5. The molecule has 46 heavy (non-hydrogen) atoms. The summed E-state index contributed by atoms with van der Waals surface area (Å²) in [5.74, 6) is -1.67. The highest BCUT2D eigenvalue weighted by Crippen LogP contribution is 2.10. The lowest BCUT2D eigenvalue weighted by molar-refractivity contribution is -0.133. The number of benzene rings is 2. The number of aliphatic imine (C=N–C) groups is 1. The van der Waals surface area contributed by atoms with Crippen molar-refractivity contribution in [3.63, 3.8) is 0 Å². The molecule has 0 aliphatic heterocycles. The van der Waals surface area contributed by atoms with Gasteiger partial charge in [-0.2, -0.15) is 0 Å². The summed E-state index contributed by atoms with van der Waals surface area (Å²) >= 11 is 0. The van der Waals surface area contributed by atoms with Crippen molar-refractivity contribution in [3.05, 3.63) is 77.9 Å². The van der Waals surface area contributed by atoms with E-state index in [1.165, 1.54) is 0 Å². The molecule has 12 heteroatoms. The fraction of sp³-hybridized carbons (Fsp3) is 0.441. The predicted molar refractivity (Wildman–Crippen MR) is 180 cm³/mol. The van der Waals surface area contributed by atoms with Crippen molar-refractivity contribution in [2.45, 2.75) is 71.7 Å². The Hall–Kier alpha value is -4.87. The van der Waals surface area contributed by atoms with Crippen LogP contribution in [-0.4, -0.2) is 61.0 Å². The van der Waals surface area contributed by atoms with Crippen LogP contribution in [0.3, 0.4) is 0 Å². The smallest absolute Gasteiger partial charge is 0.408 e. The van der Waals surface area contributed by atoms with E-state index in [2.05, 4.69) is 26.3 Å². The van der Waals surface area contributed by atoms with Gasteiger partial charge < -0.3 is 37.5 Å². The SMILES string of the molecule is CC(C)C[C@H](NC(=O)[C@H](CCCN=C(N)N)NC(=O)OCc1ccccc1)C(=O)N[C@H](C(=O)NC/C=C/c1ccccc1)C(C)C. The maximum Gasteiger partial charge on any atom is 0.408 e. The van der Waals surface area contributed by atoms with Crippen LogP contribution in [-0.2, 0) is 25.7 Å². The molecular weight excluding hydrogens is 586 g/mol. The third-order valence-electron chi connectivity index (χ3n) is 6.86. The van der Waals surface area contributed by atoms with Crippen LogP contribution in [0.15, 0.2) is 71.7 Å². The van der Waals surface area contributed by atoms with Crippen molar-refractivity contribution in [1.82, 2.24) is 21.3 Å². The Bertz CT molecular complexity index is 1300. The van der Waals surface area contributed by atoms with E-state index in [1.807, 2.05) is 101 Å². The highest BCUT2D eigenvalue weighted by atomic mass is 16.5. The number of carbonyl (C=O) groups excluding carboxylic acids is 4. The Morgan fingerprint density at radius 3 is 2.07 bits per heavy atom. The molecule has 0 saturated heterocycles. The van der Waals surface area contributed by atoms with Crippen molar-refractivity contribution in [2.24, 2.45) is 28.3 Å². The number of carbonyl (C=O) groups is 4. The molecule has 2 aromatic carbocycles. The number of nitrogens with two attached hydrogens (primary N) is 2. The van der Waals surface area contributed by atoms with E-state index < -0.39 is 36.0 Å². The number of hydrogen-bond acceptors (Lipinski definition) is 6. The van der Waals surface area contributed by atoms with Crippen molar-refractivity contribution < 1.29 is 23.9 Å². The highest BCUT2D eigenvalue weighted by Gasteiger charge is 2.31. The summed E-state index contributed by atoms with van der Waals surface area (Å²) < 4.78 is 5.31. The molecule has 0 aliphatic carbocycles. The van der Waals surface area contributed by atoms with Crippen LogP contribution in [0.25, 0.3) is 6.08 Å². The fourth-order valence-electron chi connectivity index (χ4n) is 4.47. The molecule has 0 aliphatic rings. The molecule has 12 nitrogen and oxygen atoms in total. The predicted octanol–water partition coefficient (Wildman–Crippen LogP) is 2.84. The Labute approximate surface area is 271 Å². The van der Waals surface area contributed by atoms with Gasteiger partial charge in [-0.25, -0.2) is 4.79 Å². The zero-order valence-corrected chi connectivity index (χ0v) is 27.2. The van der Waals surface area contributed by atoms with Gasteiger partial charge in [0.25, 0.3) is 0 Å². The number of guanidine groups is 1. The summed E-state index contributed by atoms with van der Waals surface area (Å²) in [5, 5.41) is 11.0. The Morgan fingerprint density at radius 2 is 1.46 bits per heavy atom. The third kappa shape index (κ3) is 14.7. The first kappa shape index (κ1) is 37.3. The van der Waals surface area contributed by atoms with Crippen molar-refractivity contribution in [1.29, 1.82) is 0 Å². The van der Waals surface area contributed by atoms with Crippen LogP contribution < -0.4 is 32.7 Å². The van der Waals surface area contributed by atoms with Gasteiger partial charge in [0.05, 0.1) is 0 Å². The number of nitrogens with one attached hydrogen (secondary N) is 4. The average molecular weight is 636 g/mol. The van der Waals surface area contributed by atoms with Gasteiger partial charge >= 0.3 is 6.09 Å². The van der Waals surface area contributed by atoms with Crippen LogP contribution in [0.1, 0.15) is 58.1 Å². The maximum absolute atomic E-state index is 13.5. The second kappa shape index (κ2) is 20.2. The number of alkyl carbamates (subject to hydrolysis) is 1. The quantitative estimate of drug-likeness (QED) is 0.0824. The van der Waals surface area contributed by atoms with Crippen LogP contribution in [0.2, 0.25) is 0 Å². The van der Waals surface area contributed by atoms with Crippen LogP contribution in [0.4, 0.5) is 4.79 Å². The van der Waals surface area contributed by atoms with E-state index in [4.69, 9.17) is 16.2 Å². The average Bonchev–Trinajstić information content (AvgIpc) is 3.02. The molecule has 0 unspecified atom stereocenters. The van der Waals surface area contributed by atoms with Crippen LogP contribution >= 0.6 is 0 Å². The molecule has 8 N–H and O–H groups in total. The lowest BCUT2D eigenvalue weighted by Crippen LogP contribution is -2.58. The van der Waals surface area contributed by atoms with E-state index in [0.29, 0.717) is 12.8 Å². The first-order valence-electron chi connectivity index (χ1n) is 15.6. The van der Waals surface area contributed by atoms with Gasteiger partial charge in [0.15, 0.2) is 5.96 Å². The summed E-state index contributed by atoms with van der Waals surface area (Å²) in [4.78, 5) is 56.6. The zero-order valence-electron chi connectivity index (χ0n) is 27.2. The molecule has 0 spiro atoms. The number of rotatable bonds is 18. The molecule has 0 aromatic heterocycles. The second-order valence-corrected chi connectivity index (χ2v) is 11.7. The fourth-order valence-corrected chi connectivity index (χ4v) is 4.47. The lowest BCUT2D eigenvalue weighted by atomic mass is 9.99. The summed E-state index contributed by atoms with van der Waals surface area (Å²) in [6, 6.07) is 16.0. The molecule has 2 rings (SSSR count). The largest absolute Gasteiger partial charge is 0.445 e. The highest BCUT2D eigenvalue weighted by molar-refractivity contribution is 5.94. The van der Waals surface area contributed by atoms with E-state index in [0.717, 1.165) is 11.1 Å². The minimum absolute atomic E-state index is 0.0219. The molecule has 0 heterocycles. The van der Waals surface area contributed by atoms with E-state index in [-0.39, 0.29) is 49.8 Å². The van der Waals surface area contributed by atoms with Gasteiger partial charge in [-0.15, -0.1) is 0 Å². The van der Waals surface area contributed by atoms with Gasteiger partial charge in [0, 0.05) is 13.1 Å². The van der Waals surface area contributed by atoms with E-state index in [9.17, 15) is 19.2 Å².